The van der Waals surface area contributed by atoms with E-state index in [1.807, 2.05) is 32.0 Å². The maximum atomic E-state index is 14.6. The van der Waals surface area contributed by atoms with Crippen LogP contribution in [0.25, 0.3) is 10.9 Å². The lowest BCUT2D eigenvalue weighted by Crippen LogP contribution is -2.32. The number of anilines is 1. The van der Waals surface area contributed by atoms with Gasteiger partial charge in [0.25, 0.3) is 0 Å². The molecule has 1 aliphatic heterocycles. The van der Waals surface area contributed by atoms with Crippen LogP contribution in [-0.2, 0) is 6.61 Å². The lowest BCUT2D eigenvalue weighted by atomic mass is 9.96. The average molecular weight is 483 g/mol. The van der Waals surface area contributed by atoms with E-state index in [4.69, 9.17) is 11.6 Å². The largest absolute Gasteiger partial charge is 0.392 e. The molecule has 2 atom stereocenters. The lowest BCUT2D eigenvalue weighted by Gasteiger charge is -2.23. The molecule has 8 heteroatoms. The molecule has 1 aliphatic rings. The van der Waals surface area contributed by atoms with Gasteiger partial charge in [0.05, 0.1) is 41.1 Å². The standard InChI is InChI=1S/C26H28ClFN4O2/c1-14(19-9-16(13-33)5-7-21(19)28)32-24-20-10-17(6-8-22(20)31-15(2)23(24)27)18-11-29-25(30-12-18)26(3,4)34/h5-11,14,18,33-34H,12-13H2,1-4H3,(H,31,32)/t14?,18-/m0/s1. The predicted octanol–water partition coefficient (Wildman–Crippen LogP) is 5.34. The van der Waals surface area contributed by atoms with Crippen LogP contribution >= 0.6 is 11.6 Å². The Hall–Kier alpha value is -2.87. The summed E-state index contributed by atoms with van der Waals surface area (Å²) in [4.78, 5) is 13.4. The zero-order valence-corrected chi connectivity index (χ0v) is 20.4. The van der Waals surface area contributed by atoms with Crippen molar-refractivity contribution in [1.29, 1.82) is 0 Å². The second-order valence-electron chi connectivity index (χ2n) is 9.15. The molecule has 1 aromatic heterocycles. The first kappa shape index (κ1) is 24.3. The van der Waals surface area contributed by atoms with Crippen LogP contribution in [0.5, 0.6) is 0 Å². The molecule has 34 heavy (non-hydrogen) atoms. The molecule has 6 nitrogen and oxygen atoms in total. The van der Waals surface area contributed by atoms with Crippen molar-refractivity contribution in [3.63, 3.8) is 0 Å². The molecule has 0 radical (unpaired) electrons. The zero-order chi connectivity index (χ0) is 24.6. The van der Waals surface area contributed by atoms with E-state index in [2.05, 4.69) is 20.3 Å². The van der Waals surface area contributed by atoms with Crippen molar-refractivity contribution in [2.24, 2.45) is 9.98 Å². The maximum absolute atomic E-state index is 14.6. The van der Waals surface area contributed by atoms with Crippen LogP contribution in [0.1, 0.15) is 55.1 Å². The van der Waals surface area contributed by atoms with Crippen LogP contribution < -0.4 is 5.32 Å². The van der Waals surface area contributed by atoms with Crippen molar-refractivity contribution >= 4 is 40.2 Å². The molecular formula is C26H28ClFN4O2. The fraction of sp³-hybridized carbons (Fsp3) is 0.346. The van der Waals surface area contributed by atoms with E-state index in [0.29, 0.717) is 39.9 Å². The molecular weight excluding hydrogens is 455 g/mol. The average Bonchev–Trinajstić information content (AvgIpc) is 2.81. The number of aromatic nitrogens is 1. The van der Waals surface area contributed by atoms with Gasteiger partial charge in [-0.1, -0.05) is 23.7 Å². The monoisotopic (exact) mass is 482 g/mol. The van der Waals surface area contributed by atoms with Crippen molar-refractivity contribution in [3.8, 4) is 0 Å². The normalized spacial score (nSPS) is 17.1. The summed E-state index contributed by atoms with van der Waals surface area (Å²) >= 11 is 6.67. The van der Waals surface area contributed by atoms with Crippen molar-refractivity contribution in [3.05, 3.63) is 69.6 Å². The Morgan fingerprint density at radius 2 is 2.00 bits per heavy atom. The summed E-state index contributed by atoms with van der Waals surface area (Å²) in [5, 5.41) is 24.3. The highest BCUT2D eigenvalue weighted by Crippen LogP contribution is 2.37. The zero-order valence-electron chi connectivity index (χ0n) is 19.6. The number of nitrogens with one attached hydrogen (secondary N) is 1. The number of benzene rings is 2. The first-order chi connectivity index (χ1) is 16.1. The molecule has 0 saturated heterocycles. The van der Waals surface area contributed by atoms with E-state index in [1.54, 1.807) is 32.2 Å². The van der Waals surface area contributed by atoms with Gasteiger partial charge >= 0.3 is 0 Å². The number of aliphatic imine (C=N–C) groups is 2. The fourth-order valence-electron chi connectivity index (χ4n) is 4.05. The van der Waals surface area contributed by atoms with Crippen LogP contribution in [0, 0.1) is 12.7 Å². The number of nitrogens with zero attached hydrogens (tertiary/aromatic N) is 3. The van der Waals surface area contributed by atoms with Crippen LogP contribution in [0.3, 0.4) is 0 Å². The van der Waals surface area contributed by atoms with Gasteiger partial charge in [-0.15, -0.1) is 0 Å². The minimum Gasteiger partial charge on any atom is -0.392 e. The Kier molecular flexibility index (Phi) is 6.71. The molecule has 0 saturated carbocycles. The number of hydrogen-bond donors (Lipinski definition) is 3. The third kappa shape index (κ3) is 4.82. The first-order valence-corrected chi connectivity index (χ1v) is 11.5. The molecule has 178 valence electrons. The highest BCUT2D eigenvalue weighted by molar-refractivity contribution is 6.35. The summed E-state index contributed by atoms with van der Waals surface area (Å²) in [5.74, 6) is -0.00397. The molecule has 0 amide bonds. The third-order valence-electron chi connectivity index (χ3n) is 5.98. The van der Waals surface area contributed by atoms with E-state index in [1.165, 1.54) is 6.07 Å². The Morgan fingerprint density at radius 3 is 2.65 bits per heavy atom. The maximum Gasteiger partial charge on any atom is 0.154 e. The Labute approximate surface area is 203 Å². The third-order valence-corrected chi connectivity index (χ3v) is 6.44. The second-order valence-corrected chi connectivity index (χ2v) is 9.53. The number of aliphatic hydroxyl groups is 2. The van der Waals surface area contributed by atoms with Gasteiger partial charge in [-0.05, 0) is 63.1 Å². The molecule has 0 bridgehead atoms. The van der Waals surface area contributed by atoms with E-state index in [-0.39, 0.29) is 18.3 Å². The van der Waals surface area contributed by atoms with Crippen LogP contribution in [0.15, 0.2) is 46.4 Å². The molecule has 0 fully saturated rings. The lowest BCUT2D eigenvalue weighted by molar-refractivity contribution is 0.152. The van der Waals surface area contributed by atoms with Crippen LogP contribution in [0.4, 0.5) is 10.1 Å². The number of rotatable bonds is 6. The Bertz CT molecular complexity index is 1300. The number of amidine groups is 1. The summed E-state index contributed by atoms with van der Waals surface area (Å²) in [6, 6.07) is 10.1. The number of halogens is 2. The highest BCUT2D eigenvalue weighted by Gasteiger charge is 2.25. The molecule has 1 unspecified atom stereocenters. The highest BCUT2D eigenvalue weighted by atomic mass is 35.5. The van der Waals surface area contributed by atoms with Gasteiger partial charge in [0.15, 0.2) is 5.84 Å². The molecule has 3 aromatic rings. The summed E-state index contributed by atoms with van der Waals surface area (Å²) in [5.41, 5.74) is 3.07. The number of pyridine rings is 1. The predicted molar refractivity (Wildman–Crippen MR) is 136 cm³/mol. The van der Waals surface area contributed by atoms with E-state index in [9.17, 15) is 14.6 Å². The molecule has 2 aromatic carbocycles. The fourth-order valence-corrected chi connectivity index (χ4v) is 4.24. The number of aliphatic hydroxyl groups excluding tert-OH is 1. The van der Waals surface area contributed by atoms with Crippen molar-refractivity contribution < 1.29 is 14.6 Å². The molecule has 3 N–H and O–H groups in total. The topological polar surface area (TPSA) is 90.1 Å². The Balaban J connectivity index is 1.72. The van der Waals surface area contributed by atoms with E-state index in [0.717, 1.165) is 16.5 Å². The summed E-state index contributed by atoms with van der Waals surface area (Å²) in [6.07, 6.45) is 1.80. The van der Waals surface area contributed by atoms with Crippen LogP contribution in [0.2, 0.25) is 5.02 Å². The van der Waals surface area contributed by atoms with Gasteiger partial charge in [0.2, 0.25) is 0 Å². The van der Waals surface area contributed by atoms with Gasteiger partial charge in [-0.2, -0.15) is 0 Å². The van der Waals surface area contributed by atoms with Gasteiger partial charge < -0.3 is 15.5 Å². The summed E-state index contributed by atoms with van der Waals surface area (Å²) in [6.45, 7) is 7.31. The smallest absolute Gasteiger partial charge is 0.154 e. The second kappa shape index (κ2) is 9.41. The van der Waals surface area contributed by atoms with Crippen LogP contribution in [-0.4, -0.2) is 39.4 Å². The molecule has 0 aliphatic carbocycles. The SMILES string of the molecule is Cc1nc2ccc([C@H]3C=NC(C(C)(C)O)=NC3)cc2c(NC(C)c2cc(CO)ccc2F)c1Cl. The minimum atomic E-state index is -1.09. The van der Waals surface area contributed by atoms with E-state index < -0.39 is 11.6 Å². The molecule has 2 heterocycles. The number of hydrogen-bond acceptors (Lipinski definition) is 6. The number of fused-ring (bicyclic) bond motifs is 1. The van der Waals surface area contributed by atoms with Crippen molar-refractivity contribution in [2.75, 3.05) is 11.9 Å². The van der Waals surface area contributed by atoms with Gasteiger partial charge in [-0.3, -0.25) is 9.98 Å². The summed E-state index contributed by atoms with van der Waals surface area (Å²) < 4.78 is 14.6. The minimum absolute atomic E-state index is 0.0560. The van der Waals surface area contributed by atoms with Crippen molar-refractivity contribution in [2.45, 2.75) is 51.9 Å². The van der Waals surface area contributed by atoms with Crippen molar-refractivity contribution in [1.82, 2.24) is 4.98 Å². The molecule has 4 rings (SSSR count). The van der Waals surface area contributed by atoms with Gasteiger partial charge in [0, 0.05) is 23.1 Å². The Morgan fingerprint density at radius 1 is 1.24 bits per heavy atom. The number of aryl methyl sites for hydroxylation is 1. The quantitative estimate of drug-likeness (QED) is 0.442. The molecule has 0 spiro atoms. The van der Waals surface area contributed by atoms with Gasteiger partial charge in [0.1, 0.15) is 11.4 Å². The van der Waals surface area contributed by atoms with Gasteiger partial charge in [-0.25, -0.2) is 9.38 Å². The summed E-state index contributed by atoms with van der Waals surface area (Å²) in [7, 11) is 0. The first-order valence-electron chi connectivity index (χ1n) is 11.2. The van der Waals surface area contributed by atoms with E-state index >= 15 is 0 Å².